The van der Waals surface area contributed by atoms with E-state index in [4.69, 9.17) is 5.11 Å². The second-order valence-corrected chi connectivity index (χ2v) is 7.18. The van der Waals surface area contributed by atoms with Gasteiger partial charge in [0.05, 0.1) is 6.61 Å². The molecule has 8 nitrogen and oxygen atoms in total. The van der Waals surface area contributed by atoms with Crippen LogP contribution in [0.15, 0.2) is 0 Å². The van der Waals surface area contributed by atoms with Crippen LogP contribution >= 0.6 is 0 Å². The molecule has 1 spiro atoms. The third-order valence-electron chi connectivity index (χ3n) is 5.59. The molecule has 0 aliphatic carbocycles. The summed E-state index contributed by atoms with van der Waals surface area (Å²) in [7, 11) is 0. The molecule has 2 fully saturated rings. The Morgan fingerprint density at radius 3 is 2.62 bits per heavy atom. The molecule has 0 saturated carbocycles. The first kappa shape index (κ1) is 17.3. The summed E-state index contributed by atoms with van der Waals surface area (Å²) in [5.74, 6) is 1.07. The number of likely N-dealkylation sites (tertiary alicyclic amines) is 2. The van der Waals surface area contributed by atoms with E-state index < -0.39 is 0 Å². The van der Waals surface area contributed by atoms with Crippen LogP contribution in [0, 0.1) is 12.3 Å². The van der Waals surface area contributed by atoms with E-state index in [0.717, 1.165) is 64.2 Å². The van der Waals surface area contributed by atoms with Crippen molar-refractivity contribution in [3.63, 3.8) is 0 Å². The molecular formula is C16H28N6O2. The highest BCUT2D eigenvalue weighted by molar-refractivity contribution is 5.77. The third-order valence-corrected chi connectivity index (χ3v) is 5.59. The fraction of sp³-hybridized carbons (Fsp3) is 0.875. The number of carbonyl (C=O) groups excluding carboxylic acids is 1. The number of aryl methyl sites for hydroxylation is 2. The highest BCUT2D eigenvalue weighted by atomic mass is 16.3. The molecule has 0 bridgehead atoms. The van der Waals surface area contributed by atoms with Gasteiger partial charge in [-0.1, -0.05) is 0 Å². The van der Waals surface area contributed by atoms with Crippen LogP contribution in [0.2, 0.25) is 0 Å². The fourth-order valence-electron chi connectivity index (χ4n) is 3.99. The molecule has 0 radical (unpaired) electrons. The van der Waals surface area contributed by atoms with E-state index in [9.17, 15) is 4.79 Å². The van der Waals surface area contributed by atoms with Crippen LogP contribution < -0.4 is 0 Å². The van der Waals surface area contributed by atoms with E-state index in [-0.39, 0.29) is 17.9 Å². The van der Waals surface area contributed by atoms with E-state index in [1.807, 2.05) is 16.5 Å². The Balaban J connectivity index is 1.43. The third kappa shape index (κ3) is 3.92. The number of nitrogens with zero attached hydrogens (tertiary/aromatic N) is 6. The van der Waals surface area contributed by atoms with Crippen LogP contribution in [0.1, 0.15) is 37.9 Å². The lowest BCUT2D eigenvalue weighted by Gasteiger charge is -2.47. The minimum Gasteiger partial charge on any atom is -0.395 e. The van der Waals surface area contributed by atoms with E-state index in [2.05, 4.69) is 20.4 Å². The van der Waals surface area contributed by atoms with Gasteiger partial charge in [-0.05, 0) is 68.1 Å². The topological polar surface area (TPSA) is 87.4 Å². The number of hydrogen-bond donors (Lipinski definition) is 1. The van der Waals surface area contributed by atoms with Crippen molar-refractivity contribution >= 4 is 5.91 Å². The van der Waals surface area contributed by atoms with Gasteiger partial charge in [-0.3, -0.25) is 4.79 Å². The molecular weight excluding hydrogens is 308 g/mol. The summed E-state index contributed by atoms with van der Waals surface area (Å²) in [5, 5.41) is 20.7. The monoisotopic (exact) mass is 336 g/mol. The van der Waals surface area contributed by atoms with Crippen molar-refractivity contribution in [3.05, 3.63) is 5.82 Å². The molecule has 0 atom stereocenters. The quantitative estimate of drug-likeness (QED) is 0.791. The van der Waals surface area contributed by atoms with Gasteiger partial charge < -0.3 is 14.9 Å². The zero-order valence-corrected chi connectivity index (χ0v) is 14.5. The molecule has 0 aromatic carbocycles. The second kappa shape index (κ2) is 7.57. The van der Waals surface area contributed by atoms with Gasteiger partial charge in [0.2, 0.25) is 5.91 Å². The van der Waals surface area contributed by atoms with Crippen molar-refractivity contribution < 1.29 is 9.90 Å². The van der Waals surface area contributed by atoms with Crippen LogP contribution in [-0.4, -0.2) is 80.4 Å². The standard InChI is InChI=1S/C16H28N6O2/c1-14-17-18-19-22(14)8-2-7-20-9-5-16(6-10-20)4-3-15(24)21(13-16)11-12-23/h23H,2-13H2,1H3. The van der Waals surface area contributed by atoms with Gasteiger partial charge >= 0.3 is 0 Å². The first-order chi connectivity index (χ1) is 11.6. The number of piperidine rings is 2. The number of carbonyl (C=O) groups is 1. The molecule has 1 N–H and O–H groups in total. The zero-order valence-electron chi connectivity index (χ0n) is 14.5. The SMILES string of the molecule is Cc1nnnn1CCCN1CCC2(CCC(=O)N(CCO)C2)CC1. The summed E-state index contributed by atoms with van der Waals surface area (Å²) in [5.41, 5.74) is 0.270. The average molecular weight is 336 g/mol. The fourth-order valence-corrected chi connectivity index (χ4v) is 3.99. The van der Waals surface area contributed by atoms with Crippen molar-refractivity contribution in [3.8, 4) is 0 Å². The number of amides is 1. The molecule has 3 heterocycles. The maximum absolute atomic E-state index is 11.9. The van der Waals surface area contributed by atoms with E-state index in [0.29, 0.717) is 13.0 Å². The molecule has 1 aromatic heterocycles. The van der Waals surface area contributed by atoms with Crippen LogP contribution in [0.4, 0.5) is 0 Å². The average Bonchev–Trinajstić information content (AvgIpc) is 2.99. The second-order valence-electron chi connectivity index (χ2n) is 7.18. The van der Waals surface area contributed by atoms with Gasteiger partial charge in [0.15, 0.2) is 0 Å². The first-order valence-corrected chi connectivity index (χ1v) is 8.96. The number of aliphatic hydroxyl groups excluding tert-OH is 1. The highest BCUT2D eigenvalue weighted by Crippen LogP contribution is 2.40. The molecule has 24 heavy (non-hydrogen) atoms. The maximum Gasteiger partial charge on any atom is 0.222 e. The van der Waals surface area contributed by atoms with Gasteiger partial charge in [0, 0.05) is 26.1 Å². The molecule has 1 aromatic rings. The number of rotatable bonds is 6. The van der Waals surface area contributed by atoms with Crippen LogP contribution in [0.5, 0.6) is 0 Å². The number of hydrogen-bond acceptors (Lipinski definition) is 6. The predicted octanol–water partition coefficient (Wildman–Crippen LogP) is 0.0685. The van der Waals surface area contributed by atoms with Crippen molar-refractivity contribution in [2.75, 3.05) is 39.3 Å². The lowest BCUT2D eigenvalue weighted by Crippen LogP contribution is -2.52. The van der Waals surface area contributed by atoms with Crippen molar-refractivity contribution in [1.82, 2.24) is 30.0 Å². The molecule has 0 unspecified atom stereocenters. The molecule has 2 aliphatic heterocycles. The van der Waals surface area contributed by atoms with Crippen LogP contribution in [-0.2, 0) is 11.3 Å². The Morgan fingerprint density at radius 1 is 1.17 bits per heavy atom. The minimum atomic E-state index is 0.0600. The zero-order chi connectivity index (χ0) is 17.0. The Kier molecular flexibility index (Phi) is 5.45. The smallest absolute Gasteiger partial charge is 0.222 e. The molecule has 134 valence electrons. The summed E-state index contributed by atoms with van der Waals surface area (Å²) in [6.45, 7) is 7.40. The minimum absolute atomic E-state index is 0.0600. The van der Waals surface area contributed by atoms with Crippen molar-refractivity contribution in [1.29, 1.82) is 0 Å². The van der Waals surface area contributed by atoms with E-state index in [1.54, 1.807) is 0 Å². The highest BCUT2D eigenvalue weighted by Gasteiger charge is 2.40. The Labute approximate surface area is 142 Å². The van der Waals surface area contributed by atoms with Crippen molar-refractivity contribution in [2.45, 2.75) is 45.6 Å². The Bertz CT molecular complexity index is 553. The van der Waals surface area contributed by atoms with Crippen LogP contribution in [0.3, 0.4) is 0 Å². The van der Waals surface area contributed by atoms with Gasteiger partial charge in [0.1, 0.15) is 5.82 Å². The summed E-state index contributed by atoms with van der Waals surface area (Å²) in [6.07, 6.45) is 4.98. The van der Waals surface area contributed by atoms with Crippen LogP contribution in [0.25, 0.3) is 0 Å². The Hall–Kier alpha value is -1.54. The number of tetrazole rings is 1. The first-order valence-electron chi connectivity index (χ1n) is 8.96. The molecule has 2 saturated heterocycles. The van der Waals surface area contributed by atoms with Gasteiger partial charge in [-0.25, -0.2) is 4.68 Å². The molecule has 3 rings (SSSR count). The van der Waals surface area contributed by atoms with E-state index in [1.165, 1.54) is 0 Å². The summed E-state index contributed by atoms with van der Waals surface area (Å²) >= 11 is 0. The predicted molar refractivity (Wildman–Crippen MR) is 88.2 cm³/mol. The largest absolute Gasteiger partial charge is 0.395 e. The van der Waals surface area contributed by atoms with Gasteiger partial charge in [0.25, 0.3) is 0 Å². The lowest BCUT2D eigenvalue weighted by atomic mass is 9.72. The summed E-state index contributed by atoms with van der Waals surface area (Å²) in [4.78, 5) is 16.3. The number of β-amino-alcohol motifs (C(OH)–C–C–N with tert-alkyl or cyclic N) is 1. The number of aromatic nitrogens is 4. The Morgan fingerprint density at radius 2 is 1.96 bits per heavy atom. The maximum atomic E-state index is 11.9. The van der Waals surface area contributed by atoms with E-state index >= 15 is 0 Å². The van der Waals surface area contributed by atoms with Gasteiger partial charge in [-0.2, -0.15) is 0 Å². The lowest BCUT2D eigenvalue weighted by molar-refractivity contribution is -0.139. The van der Waals surface area contributed by atoms with Crippen molar-refractivity contribution in [2.24, 2.45) is 5.41 Å². The molecule has 1 amide bonds. The summed E-state index contributed by atoms with van der Waals surface area (Å²) in [6, 6.07) is 0. The van der Waals surface area contributed by atoms with Gasteiger partial charge in [-0.15, -0.1) is 5.10 Å². The molecule has 2 aliphatic rings. The molecule has 8 heteroatoms. The normalized spacial score (nSPS) is 21.6. The number of aliphatic hydroxyl groups is 1. The summed E-state index contributed by atoms with van der Waals surface area (Å²) < 4.78 is 1.85.